The zero-order valence-electron chi connectivity index (χ0n) is 9.93. The zero-order valence-corrected chi connectivity index (χ0v) is 9.93. The first-order valence-electron chi connectivity index (χ1n) is 5.73. The predicted molar refractivity (Wildman–Crippen MR) is 59.3 cm³/mol. The Balaban J connectivity index is 1.97. The van der Waals surface area contributed by atoms with Crippen molar-refractivity contribution in [3.05, 3.63) is 0 Å². The maximum Gasteiger partial charge on any atom is 0.325 e. The lowest BCUT2D eigenvalue weighted by molar-refractivity contribution is -0.153. The number of carbonyl (C=O) groups excluding carboxylic acids is 4. The molecular formula is C10H14N4O4. The maximum absolute atomic E-state index is 11.7. The van der Waals surface area contributed by atoms with Crippen molar-refractivity contribution in [2.45, 2.75) is 13.0 Å². The molecule has 0 spiro atoms. The van der Waals surface area contributed by atoms with Crippen molar-refractivity contribution < 1.29 is 19.2 Å². The summed E-state index contributed by atoms with van der Waals surface area (Å²) in [5.74, 6) is -1.81. The van der Waals surface area contributed by atoms with Gasteiger partial charge in [-0.1, -0.05) is 0 Å². The second-order valence-corrected chi connectivity index (χ2v) is 4.09. The average molecular weight is 254 g/mol. The Morgan fingerprint density at radius 2 is 2.06 bits per heavy atom. The van der Waals surface area contributed by atoms with Crippen molar-refractivity contribution >= 4 is 23.8 Å². The molecule has 1 unspecified atom stereocenters. The lowest BCUT2D eigenvalue weighted by atomic mass is 10.1. The van der Waals surface area contributed by atoms with E-state index in [1.54, 1.807) is 6.92 Å². The lowest BCUT2D eigenvalue weighted by Crippen LogP contribution is -2.66. The first kappa shape index (κ1) is 12.3. The van der Waals surface area contributed by atoms with Gasteiger partial charge in [-0.15, -0.1) is 0 Å². The van der Waals surface area contributed by atoms with Crippen LogP contribution in [0, 0.1) is 0 Å². The molecule has 8 heteroatoms. The molecule has 5 amide bonds. The number of rotatable bonds is 2. The fraction of sp³-hybridized carbons (Fsp3) is 0.600. The highest BCUT2D eigenvalue weighted by atomic mass is 16.2. The van der Waals surface area contributed by atoms with Crippen LogP contribution in [0.5, 0.6) is 0 Å². The van der Waals surface area contributed by atoms with Gasteiger partial charge >= 0.3 is 17.8 Å². The molecule has 0 aromatic rings. The molecule has 0 aromatic carbocycles. The highest BCUT2D eigenvalue weighted by molar-refractivity contribution is 6.38. The van der Waals surface area contributed by atoms with Gasteiger partial charge in [0.15, 0.2) is 0 Å². The number of hydrogen-bond acceptors (Lipinski definition) is 4. The maximum atomic E-state index is 11.7. The van der Waals surface area contributed by atoms with Gasteiger partial charge in [0.05, 0.1) is 0 Å². The normalized spacial score (nSPS) is 23.6. The third-order valence-corrected chi connectivity index (χ3v) is 3.03. The SMILES string of the molecule is CCN1CCN(C(=O)NC2CNC2=O)C(=O)C1=O. The fourth-order valence-corrected chi connectivity index (χ4v) is 1.80. The van der Waals surface area contributed by atoms with Gasteiger partial charge in [-0.05, 0) is 6.92 Å². The summed E-state index contributed by atoms with van der Waals surface area (Å²) in [4.78, 5) is 48.2. The topological polar surface area (TPSA) is 98.8 Å². The number of likely N-dealkylation sites (N-methyl/N-ethyl adjacent to an activating group) is 1. The summed E-state index contributed by atoms with van der Waals surface area (Å²) in [6, 6.07) is -1.30. The summed E-state index contributed by atoms with van der Waals surface area (Å²) in [5.41, 5.74) is 0. The smallest absolute Gasteiger partial charge is 0.325 e. The van der Waals surface area contributed by atoms with Crippen LogP contribution in [0.25, 0.3) is 0 Å². The highest BCUT2D eigenvalue weighted by Crippen LogP contribution is 2.06. The fourth-order valence-electron chi connectivity index (χ4n) is 1.80. The molecule has 0 aliphatic carbocycles. The van der Waals surface area contributed by atoms with Crippen LogP contribution in [0.3, 0.4) is 0 Å². The molecule has 18 heavy (non-hydrogen) atoms. The van der Waals surface area contributed by atoms with Crippen molar-refractivity contribution in [1.29, 1.82) is 0 Å². The Kier molecular flexibility index (Phi) is 3.17. The molecule has 2 heterocycles. The highest BCUT2D eigenvalue weighted by Gasteiger charge is 2.38. The van der Waals surface area contributed by atoms with Crippen LogP contribution in [0.15, 0.2) is 0 Å². The second kappa shape index (κ2) is 4.63. The van der Waals surface area contributed by atoms with Gasteiger partial charge in [-0.2, -0.15) is 0 Å². The summed E-state index contributed by atoms with van der Waals surface area (Å²) in [6.45, 7) is 3.02. The molecule has 0 bridgehead atoms. The largest absolute Gasteiger partial charge is 0.352 e. The van der Waals surface area contributed by atoms with E-state index >= 15 is 0 Å². The molecule has 2 saturated heterocycles. The first-order chi connectivity index (χ1) is 8.54. The minimum absolute atomic E-state index is 0.151. The quantitative estimate of drug-likeness (QED) is 0.435. The minimum Gasteiger partial charge on any atom is -0.352 e. The van der Waals surface area contributed by atoms with E-state index in [9.17, 15) is 19.2 Å². The Morgan fingerprint density at radius 1 is 1.33 bits per heavy atom. The zero-order chi connectivity index (χ0) is 13.3. The average Bonchev–Trinajstić information content (AvgIpc) is 2.37. The van der Waals surface area contributed by atoms with E-state index in [-0.39, 0.29) is 12.5 Å². The third-order valence-electron chi connectivity index (χ3n) is 3.03. The minimum atomic E-state index is -0.847. The van der Waals surface area contributed by atoms with Crippen molar-refractivity contribution in [2.24, 2.45) is 0 Å². The van der Waals surface area contributed by atoms with E-state index in [0.717, 1.165) is 4.90 Å². The molecule has 0 radical (unpaired) electrons. The number of piperazine rings is 1. The summed E-state index contributed by atoms with van der Waals surface area (Å²) in [5, 5.41) is 4.87. The molecule has 2 N–H and O–H groups in total. The number of carbonyl (C=O) groups is 4. The number of nitrogens with one attached hydrogen (secondary N) is 2. The Labute approximate surface area is 103 Å². The van der Waals surface area contributed by atoms with E-state index in [4.69, 9.17) is 0 Å². The molecule has 8 nitrogen and oxygen atoms in total. The van der Waals surface area contributed by atoms with Crippen LogP contribution < -0.4 is 10.6 Å². The monoisotopic (exact) mass is 254 g/mol. The number of hydrogen-bond donors (Lipinski definition) is 2. The molecule has 2 aliphatic heterocycles. The Hall–Kier alpha value is -2.12. The van der Waals surface area contributed by atoms with Crippen molar-refractivity contribution in [2.75, 3.05) is 26.2 Å². The van der Waals surface area contributed by atoms with E-state index in [1.807, 2.05) is 0 Å². The molecular weight excluding hydrogens is 240 g/mol. The lowest BCUT2D eigenvalue weighted by Gasteiger charge is -2.34. The Morgan fingerprint density at radius 3 is 2.56 bits per heavy atom. The van der Waals surface area contributed by atoms with Gasteiger partial charge in [-0.3, -0.25) is 19.3 Å². The first-order valence-corrected chi connectivity index (χ1v) is 5.73. The van der Waals surface area contributed by atoms with E-state index in [1.165, 1.54) is 4.90 Å². The standard InChI is InChI=1S/C10H14N4O4/c1-2-13-3-4-14(9(17)8(13)16)10(18)12-6-5-11-7(6)15/h6H,2-5H2,1H3,(H,11,15)(H,12,18). The molecule has 2 fully saturated rings. The molecule has 2 rings (SSSR count). The van der Waals surface area contributed by atoms with Gasteiger partial charge in [0.2, 0.25) is 5.91 Å². The van der Waals surface area contributed by atoms with Gasteiger partial charge in [0, 0.05) is 26.2 Å². The van der Waals surface area contributed by atoms with Gasteiger partial charge in [-0.25, -0.2) is 4.79 Å². The van der Waals surface area contributed by atoms with Crippen molar-refractivity contribution in [3.63, 3.8) is 0 Å². The van der Waals surface area contributed by atoms with Crippen LogP contribution in [-0.2, 0) is 14.4 Å². The van der Waals surface area contributed by atoms with Crippen LogP contribution in [0.2, 0.25) is 0 Å². The molecule has 2 aliphatic rings. The third kappa shape index (κ3) is 2.01. The molecule has 1 atom stereocenters. The summed E-state index contributed by atoms with van der Waals surface area (Å²) >= 11 is 0. The van der Waals surface area contributed by atoms with Crippen LogP contribution in [-0.4, -0.2) is 65.8 Å². The molecule has 0 saturated carbocycles. The van der Waals surface area contributed by atoms with Crippen LogP contribution in [0.4, 0.5) is 4.79 Å². The van der Waals surface area contributed by atoms with Gasteiger partial charge in [0.1, 0.15) is 6.04 Å². The number of nitrogens with zero attached hydrogens (tertiary/aromatic N) is 2. The molecule has 98 valence electrons. The molecule has 0 aromatic heterocycles. The second-order valence-electron chi connectivity index (χ2n) is 4.09. The van der Waals surface area contributed by atoms with Crippen LogP contribution >= 0.6 is 0 Å². The number of urea groups is 1. The summed E-state index contributed by atoms with van der Waals surface area (Å²) in [6.07, 6.45) is 0. The Bertz CT molecular complexity index is 422. The summed E-state index contributed by atoms with van der Waals surface area (Å²) < 4.78 is 0. The summed E-state index contributed by atoms with van der Waals surface area (Å²) in [7, 11) is 0. The van der Waals surface area contributed by atoms with E-state index in [2.05, 4.69) is 10.6 Å². The number of imide groups is 1. The van der Waals surface area contributed by atoms with E-state index in [0.29, 0.717) is 19.6 Å². The van der Waals surface area contributed by atoms with Crippen molar-refractivity contribution in [3.8, 4) is 0 Å². The number of β-lactam (4-membered cyclic amide) rings is 1. The van der Waals surface area contributed by atoms with Gasteiger partial charge < -0.3 is 15.5 Å². The predicted octanol–water partition coefficient (Wildman–Crippen LogP) is -2.11. The van der Waals surface area contributed by atoms with E-state index < -0.39 is 23.9 Å². The van der Waals surface area contributed by atoms with Crippen LogP contribution in [0.1, 0.15) is 6.92 Å². The number of amides is 5. The van der Waals surface area contributed by atoms with Gasteiger partial charge in [0.25, 0.3) is 0 Å². The van der Waals surface area contributed by atoms with Crippen molar-refractivity contribution in [1.82, 2.24) is 20.4 Å².